The number of carbonyl (C=O) groups is 1. The van der Waals surface area contributed by atoms with Crippen LogP contribution < -0.4 is 15.8 Å². The van der Waals surface area contributed by atoms with E-state index in [1.807, 2.05) is 63.2 Å². The van der Waals surface area contributed by atoms with Gasteiger partial charge in [0.1, 0.15) is 6.10 Å². The van der Waals surface area contributed by atoms with Crippen molar-refractivity contribution in [1.29, 1.82) is 0 Å². The second-order valence-electron chi connectivity index (χ2n) is 6.75. The molecule has 0 saturated carbocycles. The lowest BCUT2D eigenvalue weighted by Crippen LogP contribution is -2.13. The van der Waals surface area contributed by atoms with Crippen molar-refractivity contribution in [1.82, 2.24) is 4.98 Å². The molecule has 3 rings (SSSR count). The Morgan fingerprint density at radius 1 is 1.14 bits per heavy atom. The lowest BCUT2D eigenvalue weighted by molar-refractivity contribution is 0.102. The molecule has 28 heavy (non-hydrogen) atoms. The molecule has 5 nitrogen and oxygen atoms in total. The monoisotopic (exact) mass is 395 g/mol. The van der Waals surface area contributed by atoms with E-state index in [4.69, 9.17) is 22.1 Å². The maximum absolute atomic E-state index is 12.6. The molecule has 1 amide bonds. The number of nitrogens with one attached hydrogen (secondary N) is 1. The first-order chi connectivity index (χ1) is 13.3. The first kappa shape index (κ1) is 19.7. The quantitative estimate of drug-likeness (QED) is 0.612. The molecule has 0 unspecified atom stereocenters. The van der Waals surface area contributed by atoms with Gasteiger partial charge in [0.25, 0.3) is 5.91 Å². The molecule has 0 aliphatic rings. The molecule has 144 valence electrons. The van der Waals surface area contributed by atoms with Gasteiger partial charge in [-0.05, 0) is 50.6 Å². The van der Waals surface area contributed by atoms with Crippen LogP contribution in [-0.4, -0.2) is 10.9 Å². The number of rotatable bonds is 5. The van der Waals surface area contributed by atoms with Crippen LogP contribution in [0.3, 0.4) is 0 Å². The summed E-state index contributed by atoms with van der Waals surface area (Å²) in [6, 6.07) is 14.9. The highest BCUT2D eigenvalue weighted by atomic mass is 35.5. The third-order valence-corrected chi connectivity index (χ3v) is 4.46. The number of nitrogens with zero attached hydrogens (tertiary/aromatic N) is 1. The van der Waals surface area contributed by atoms with E-state index < -0.39 is 0 Å². The normalized spacial score (nSPS) is 11.7. The van der Waals surface area contributed by atoms with Crippen LogP contribution in [0.5, 0.6) is 5.75 Å². The highest BCUT2D eigenvalue weighted by Crippen LogP contribution is 2.29. The Morgan fingerprint density at radius 3 is 2.57 bits per heavy atom. The average molecular weight is 396 g/mol. The van der Waals surface area contributed by atoms with Gasteiger partial charge in [-0.25, -0.2) is 4.98 Å². The molecule has 0 aliphatic carbocycles. The molecule has 0 fully saturated rings. The van der Waals surface area contributed by atoms with Gasteiger partial charge < -0.3 is 15.8 Å². The largest absolute Gasteiger partial charge is 0.482 e. The van der Waals surface area contributed by atoms with E-state index in [9.17, 15) is 4.79 Å². The van der Waals surface area contributed by atoms with Crippen molar-refractivity contribution in [2.45, 2.75) is 26.9 Å². The van der Waals surface area contributed by atoms with Gasteiger partial charge in [0, 0.05) is 23.5 Å². The molecule has 1 atom stereocenters. The number of carbonyl (C=O) groups excluding carboxylic acids is 1. The number of nitrogens with two attached hydrogens (primary N) is 1. The molecule has 0 spiro atoms. The predicted octanol–water partition coefficient (Wildman–Crippen LogP) is 5.33. The number of amides is 1. The molecule has 0 bridgehead atoms. The molecule has 0 aliphatic heterocycles. The van der Waals surface area contributed by atoms with E-state index >= 15 is 0 Å². The number of nitrogen functional groups attached to an aromatic ring is 1. The van der Waals surface area contributed by atoms with Gasteiger partial charge in [0.05, 0.1) is 5.02 Å². The zero-order chi connectivity index (χ0) is 20.3. The summed E-state index contributed by atoms with van der Waals surface area (Å²) >= 11 is 5.96. The minimum Gasteiger partial charge on any atom is -0.482 e. The Kier molecular flexibility index (Phi) is 5.85. The van der Waals surface area contributed by atoms with Gasteiger partial charge in [0.15, 0.2) is 11.6 Å². The smallest absolute Gasteiger partial charge is 0.255 e. The van der Waals surface area contributed by atoms with Crippen LogP contribution in [0, 0.1) is 13.8 Å². The van der Waals surface area contributed by atoms with Crippen molar-refractivity contribution in [3.63, 3.8) is 0 Å². The van der Waals surface area contributed by atoms with E-state index in [0.29, 0.717) is 22.0 Å². The molecule has 3 aromatic rings. The van der Waals surface area contributed by atoms with E-state index in [0.717, 1.165) is 16.7 Å². The zero-order valence-electron chi connectivity index (χ0n) is 16.0. The fourth-order valence-electron chi connectivity index (χ4n) is 2.96. The zero-order valence-corrected chi connectivity index (χ0v) is 16.7. The van der Waals surface area contributed by atoms with Crippen LogP contribution in [0.25, 0.3) is 0 Å². The number of ether oxygens (including phenoxy) is 1. The second kappa shape index (κ2) is 8.31. The maximum Gasteiger partial charge on any atom is 0.255 e. The minimum absolute atomic E-state index is 0.152. The molecule has 0 saturated heterocycles. The average Bonchev–Trinajstić information content (AvgIpc) is 2.64. The first-order valence-corrected chi connectivity index (χ1v) is 9.27. The molecule has 0 radical (unpaired) electrons. The van der Waals surface area contributed by atoms with Gasteiger partial charge >= 0.3 is 0 Å². The summed E-state index contributed by atoms with van der Waals surface area (Å²) in [4.78, 5) is 16.6. The highest BCUT2D eigenvalue weighted by molar-refractivity contribution is 6.30. The van der Waals surface area contributed by atoms with Crippen LogP contribution in [-0.2, 0) is 0 Å². The third kappa shape index (κ3) is 4.81. The topological polar surface area (TPSA) is 77.2 Å². The molecule has 1 heterocycles. The molecule has 6 heteroatoms. The maximum atomic E-state index is 12.6. The van der Waals surface area contributed by atoms with Gasteiger partial charge in [-0.1, -0.05) is 40.9 Å². The lowest BCUT2D eigenvalue weighted by atomic mass is 10.1. The van der Waals surface area contributed by atoms with Crippen molar-refractivity contribution < 1.29 is 9.53 Å². The number of hydrogen-bond donors (Lipinski definition) is 2. The number of aromatic nitrogens is 1. The Labute approximate surface area is 169 Å². The van der Waals surface area contributed by atoms with Crippen molar-refractivity contribution in [3.8, 4) is 5.75 Å². The Hall–Kier alpha value is -3.05. The van der Waals surface area contributed by atoms with E-state index in [2.05, 4.69) is 10.3 Å². The molecule has 3 N–H and O–H groups in total. The fourth-order valence-corrected chi connectivity index (χ4v) is 3.11. The molecular formula is C22H22ClN3O2. The lowest BCUT2D eigenvalue weighted by Gasteiger charge is -2.17. The van der Waals surface area contributed by atoms with Crippen LogP contribution in [0.4, 0.5) is 11.5 Å². The van der Waals surface area contributed by atoms with E-state index in [-0.39, 0.29) is 17.8 Å². The van der Waals surface area contributed by atoms with Gasteiger partial charge in [-0.15, -0.1) is 0 Å². The van der Waals surface area contributed by atoms with Crippen LogP contribution in [0.2, 0.25) is 5.02 Å². The standard InChI is InChI=1S/C22H22ClN3O2/c1-13-7-14(2)9-17(8-13)22(27)26-19-6-4-5-16(10-19)15(3)28-20-11-18(23)12-25-21(20)24/h4-12,15H,1-3H3,(H2,24,25)(H,26,27)/t15-/m1/s1. The molecule has 2 aromatic carbocycles. The minimum atomic E-state index is -0.305. The number of anilines is 2. The number of hydrogen-bond acceptors (Lipinski definition) is 4. The summed E-state index contributed by atoms with van der Waals surface area (Å²) in [5.74, 6) is 0.543. The summed E-state index contributed by atoms with van der Waals surface area (Å²) in [5, 5.41) is 3.39. The van der Waals surface area contributed by atoms with Gasteiger partial charge in [-0.3, -0.25) is 4.79 Å². The van der Waals surface area contributed by atoms with Crippen molar-refractivity contribution >= 4 is 29.0 Å². The Bertz CT molecular complexity index is 1000. The second-order valence-corrected chi connectivity index (χ2v) is 7.19. The van der Waals surface area contributed by atoms with Crippen LogP contribution in [0.15, 0.2) is 54.7 Å². The number of pyridine rings is 1. The Morgan fingerprint density at radius 2 is 1.86 bits per heavy atom. The predicted molar refractivity (Wildman–Crippen MR) is 113 cm³/mol. The van der Waals surface area contributed by atoms with Gasteiger partial charge in [0.2, 0.25) is 0 Å². The Balaban J connectivity index is 1.76. The van der Waals surface area contributed by atoms with E-state index in [1.54, 1.807) is 6.07 Å². The van der Waals surface area contributed by atoms with Gasteiger partial charge in [-0.2, -0.15) is 0 Å². The van der Waals surface area contributed by atoms with Crippen LogP contribution in [0.1, 0.15) is 40.1 Å². The third-order valence-electron chi connectivity index (χ3n) is 4.25. The summed E-state index contributed by atoms with van der Waals surface area (Å²) in [5.41, 5.74) is 10.2. The summed E-state index contributed by atoms with van der Waals surface area (Å²) in [6.45, 7) is 5.84. The molecule has 1 aromatic heterocycles. The SMILES string of the molecule is Cc1cc(C)cc(C(=O)Nc2cccc([C@@H](C)Oc3cc(Cl)cnc3N)c2)c1. The van der Waals surface area contributed by atoms with E-state index in [1.165, 1.54) is 6.20 Å². The van der Waals surface area contributed by atoms with Crippen LogP contribution >= 0.6 is 11.6 Å². The van der Waals surface area contributed by atoms with Crippen molar-refractivity contribution in [2.75, 3.05) is 11.1 Å². The summed E-state index contributed by atoms with van der Waals surface area (Å²) in [6.07, 6.45) is 1.16. The molecular weight excluding hydrogens is 374 g/mol. The first-order valence-electron chi connectivity index (χ1n) is 8.89. The summed E-state index contributed by atoms with van der Waals surface area (Å²) < 4.78 is 5.90. The number of aryl methyl sites for hydroxylation is 2. The van der Waals surface area contributed by atoms with Crippen molar-refractivity contribution in [3.05, 3.63) is 82.0 Å². The number of halogens is 1. The summed E-state index contributed by atoms with van der Waals surface area (Å²) in [7, 11) is 0. The fraction of sp³-hybridized carbons (Fsp3) is 0.182. The number of benzene rings is 2. The highest BCUT2D eigenvalue weighted by Gasteiger charge is 2.13. The van der Waals surface area contributed by atoms with Crippen molar-refractivity contribution in [2.24, 2.45) is 0 Å².